The van der Waals surface area contributed by atoms with Gasteiger partial charge in [0.05, 0.1) is 5.56 Å². The van der Waals surface area contributed by atoms with Crippen molar-refractivity contribution in [3.8, 4) is 0 Å². The van der Waals surface area contributed by atoms with E-state index in [2.05, 4.69) is 18.9 Å². The van der Waals surface area contributed by atoms with Crippen LogP contribution >= 0.6 is 0 Å². The summed E-state index contributed by atoms with van der Waals surface area (Å²) < 4.78 is 0. The first-order chi connectivity index (χ1) is 8.65. The fourth-order valence-electron chi connectivity index (χ4n) is 2.00. The molecule has 0 aliphatic heterocycles. The van der Waals surface area contributed by atoms with Crippen molar-refractivity contribution in [2.75, 3.05) is 20.1 Å². The summed E-state index contributed by atoms with van der Waals surface area (Å²) in [5.41, 5.74) is 1.35. The fourth-order valence-corrected chi connectivity index (χ4v) is 2.00. The summed E-state index contributed by atoms with van der Waals surface area (Å²) in [6.07, 6.45) is 4.50. The van der Waals surface area contributed by atoms with Crippen molar-refractivity contribution in [2.45, 2.75) is 32.6 Å². The van der Waals surface area contributed by atoms with E-state index < -0.39 is 5.97 Å². The zero-order valence-electron chi connectivity index (χ0n) is 11.4. The van der Waals surface area contributed by atoms with Crippen LogP contribution in [0.5, 0.6) is 0 Å². The second-order valence-corrected chi connectivity index (χ2v) is 4.72. The van der Waals surface area contributed by atoms with Crippen molar-refractivity contribution >= 4 is 5.97 Å². The summed E-state index contributed by atoms with van der Waals surface area (Å²) in [7, 11) is 2.10. The van der Waals surface area contributed by atoms with E-state index in [1.54, 1.807) is 12.1 Å². The van der Waals surface area contributed by atoms with Crippen molar-refractivity contribution in [3.05, 3.63) is 35.4 Å². The van der Waals surface area contributed by atoms with Gasteiger partial charge in [0, 0.05) is 6.54 Å². The highest BCUT2D eigenvalue weighted by atomic mass is 16.4. The van der Waals surface area contributed by atoms with Crippen LogP contribution in [0.25, 0.3) is 0 Å². The molecule has 0 aliphatic carbocycles. The van der Waals surface area contributed by atoms with Gasteiger partial charge in [-0.3, -0.25) is 0 Å². The Balaban J connectivity index is 2.45. The fraction of sp³-hybridized carbons (Fsp3) is 0.533. The molecule has 0 atom stereocenters. The van der Waals surface area contributed by atoms with Crippen LogP contribution in [0.15, 0.2) is 24.3 Å². The van der Waals surface area contributed by atoms with E-state index in [0.717, 1.165) is 25.1 Å². The Morgan fingerprint density at radius 1 is 1.22 bits per heavy atom. The molecule has 0 heterocycles. The molecule has 0 aliphatic rings. The summed E-state index contributed by atoms with van der Waals surface area (Å²) in [4.78, 5) is 13.3. The lowest BCUT2D eigenvalue weighted by atomic mass is 10.0. The first-order valence-electron chi connectivity index (χ1n) is 6.65. The van der Waals surface area contributed by atoms with Gasteiger partial charge in [-0.2, -0.15) is 0 Å². The molecule has 0 unspecified atom stereocenters. The minimum Gasteiger partial charge on any atom is -0.478 e. The molecule has 1 aromatic rings. The number of carboxylic acids is 1. The second kappa shape index (κ2) is 7.88. The minimum atomic E-state index is -0.834. The number of unbranched alkanes of at least 4 members (excludes halogenated alkanes) is 2. The summed E-state index contributed by atoms with van der Waals surface area (Å²) in [5, 5.41) is 9.09. The second-order valence-electron chi connectivity index (χ2n) is 4.72. The van der Waals surface area contributed by atoms with Crippen LogP contribution in [0.3, 0.4) is 0 Å². The third-order valence-corrected chi connectivity index (χ3v) is 3.15. The van der Waals surface area contributed by atoms with Gasteiger partial charge < -0.3 is 10.0 Å². The van der Waals surface area contributed by atoms with E-state index in [1.165, 1.54) is 19.3 Å². The van der Waals surface area contributed by atoms with Crippen LogP contribution in [-0.4, -0.2) is 36.1 Å². The largest absolute Gasteiger partial charge is 0.478 e. The predicted octanol–water partition coefficient (Wildman–Crippen LogP) is 3.05. The normalized spacial score (nSPS) is 10.8. The third kappa shape index (κ3) is 4.88. The number of rotatable bonds is 8. The van der Waals surface area contributed by atoms with Crippen LogP contribution < -0.4 is 0 Å². The quantitative estimate of drug-likeness (QED) is 0.720. The molecule has 0 radical (unpaired) electrons. The highest BCUT2D eigenvalue weighted by Gasteiger charge is 2.09. The number of carbonyl (C=O) groups is 1. The Bertz CT molecular complexity index is 377. The molecule has 0 bridgehead atoms. The van der Waals surface area contributed by atoms with Gasteiger partial charge in [-0.05, 0) is 38.1 Å². The molecule has 0 aromatic heterocycles. The summed E-state index contributed by atoms with van der Waals surface area (Å²) >= 11 is 0. The maximum Gasteiger partial charge on any atom is 0.335 e. The standard InChI is InChI=1S/C15H23NO2/c1-3-4-7-11-16(2)12-10-13-8-5-6-9-14(13)15(17)18/h5-6,8-9H,3-4,7,10-12H2,1-2H3,(H,17,18). The average molecular weight is 249 g/mol. The molecular weight excluding hydrogens is 226 g/mol. The molecule has 0 saturated heterocycles. The molecule has 0 spiro atoms. The molecule has 3 heteroatoms. The van der Waals surface area contributed by atoms with E-state index in [9.17, 15) is 4.79 Å². The van der Waals surface area contributed by atoms with Crippen LogP contribution in [-0.2, 0) is 6.42 Å². The molecule has 1 rings (SSSR count). The van der Waals surface area contributed by atoms with Crippen LogP contribution in [0, 0.1) is 0 Å². The van der Waals surface area contributed by atoms with Crippen LogP contribution in [0.4, 0.5) is 0 Å². The van der Waals surface area contributed by atoms with E-state index in [4.69, 9.17) is 5.11 Å². The van der Waals surface area contributed by atoms with Crippen molar-refractivity contribution in [2.24, 2.45) is 0 Å². The Morgan fingerprint density at radius 3 is 2.61 bits per heavy atom. The predicted molar refractivity (Wildman–Crippen MR) is 74.1 cm³/mol. The van der Waals surface area contributed by atoms with Crippen LogP contribution in [0.2, 0.25) is 0 Å². The number of likely N-dealkylation sites (N-methyl/N-ethyl adjacent to an activating group) is 1. The maximum absolute atomic E-state index is 11.1. The minimum absolute atomic E-state index is 0.430. The molecule has 0 saturated carbocycles. The van der Waals surface area contributed by atoms with Gasteiger partial charge in [-0.25, -0.2) is 4.79 Å². The lowest BCUT2D eigenvalue weighted by Crippen LogP contribution is -2.23. The maximum atomic E-state index is 11.1. The molecule has 100 valence electrons. The molecule has 0 fully saturated rings. The average Bonchev–Trinajstić information content (AvgIpc) is 2.37. The van der Waals surface area contributed by atoms with Gasteiger partial charge in [0.2, 0.25) is 0 Å². The Hall–Kier alpha value is -1.35. The van der Waals surface area contributed by atoms with Gasteiger partial charge >= 0.3 is 5.97 Å². The molecule has 0 amide bonds. The van der Waals surface area contributed by atoms with Crippen molar-refractivity contribution in [1.82, 2.24) is 4.90 Å². The SMILES string of the molecule is CCCCCN(C)CCc1ccccc1C(=O)O. The highest BCUT2D eigenvalue weighted by molar-refractivity contribution is 5.89. The Kier molecular flexibility index (Phi) is 6.44. The molecule has 1 aromatic carbocycles. The van der Waals surface area contributed by atoms with E-state index >= 15 is 0 Å². The Labute approximate surface area is 109 Å². The lowest BCUT2D eigenvalue weighted by molar-refractivity contribution is 0.0695. The first kappa shape index (κ1) is 14.7. The van der Waals surface area contributed by atoms with Gasteiger partial charge in [0.25, 0.3) is 0 Å². The monoisotopic (exact) mass is 249 g/mol. The van der Waals surface area contributed by atoms with Crippen molar-refractivity contribution < 1.29 is 9.90 Å². The molecule has 1 N–H and O–H groups in total. The zero-order valence-corrected chi connectivity index (χ0v) is 11.4. The van der Waals surface area contributed by atoms with E-state index in [-0.39, 0.29) is 0 Å². The molecular formula is C15H23NO2. The van der Waals surface area contributed by atoms with Gasteiger partial charge in [-0.15, -0.1) is 0 Å². The van der Waals surface area contributed by atoms with E-state index in [1.807, 2.05) is 12.1 Å². The number of benzene rings is 1. The summed E-state index contributed by atoms with van der Waals surface area (Å²) in [5.74, 6) is -0.834. The molecule has 18 heavy (non-hydrogen) atoms. The van der Waals surface area contributed by atoms with Crippen LogP contribution in [0.1, 0.15) is 42.1 Å². The Morgan fingerprint density at radius 2 is 1.94 bits per heavy atom. The number of hydrogen-bond donors (Lipinski definition) is 1. The van der Waals surface area contributed by atoms with E-state index in [0.29, 0.717) is 5.56 Å². The first-order valence-corrected chi connectivity index (χ1v) is 6.65. The third-order valence-electron chi connectivity index (χ3n) is 3.15. The lowest BCUT2D eigenvalue weighted by Gasteiger charge is -2.16. The summed E-state index contributed by atoms with van der Waals surface area (Å²) in [6, 6.07) is 7.26. The van der Waals surface area contributed by atoms with Gasteiger partial charge in [0.1, 0.15) is 0 Å². The summed E-state index contributed by atoms with van der Waals surface area (Å²) in [6.45, 7) is 4.19. The molecule has 3 nitrogen and oxygen atoms in total. The number of carboxylic acid groups (broad SMARTS) is 1. The van der Waals surface area contributed by atoms with Gasteiger partial charge in [-0.1, -0.05) is 38.0 Å². The zero-order chi connectivity index (χ0) is 13.4. The topological polar surface area (TPSA) is 40.5 Å². The van der Waals surface area contributed by atoms with Crippen molar-refractivity contribution in [1.29, 1.82) is 0 Å². The van der Waals surface area contributed by atoms with Gasteiger partial charge in [0.15, 0.2) is 0 Å². The number of aromatic carboxylic acids is 1. The number of hydrogen-bond acceptors (Lipinski definition) is 2. The number of nitrogens with zero attached hydrogens (tertiary/aromatic N) is 1. The highest BCUT2D eigenvalue weighted by Crippen LogP contribution is 2.10. The van der Waals surface area contributed by atoms with Crippen molar-refractivity contribution in [3.63, 3.8) is 0 Å². The smallest absolute Gasteiger partial charge is 0.335 e.